The van der Waals surface area contributed by atoms with E-state index in [0.717, 1.165) is 28.8 Å². The summed E-state index contributed by atoms with van der Waals surface area (Å²) in [5.74, 6) is 0.468. The number of nitrogens with zero attached hydrogens (tertiary/aromatic N) is 3. The van der Waals surface area contributed by atoms with E-state index in [9.17, 15) is 4.79 Å². The van der Waals surface area contributed by atoms with Gasteiger partial charge in [-0.05, 0) is 55.7 Å². The maximum atomic E-state index is 13.1. The van der Waals surface area contributed by atoms with Crippen molar-refractivity contribution in [3.05, 3.63) is 58.6 Å². The number of amides is 1. The fraction of sp³-hybridized carbons (Fsp3) is 0.318. The summed E-state index contributed by atoms with van der Waals surface area (Å²) in [6, 6.07) is 13.2. The van der Waals surface area contributed by atoms with Crippen LogP contribution in [0.15, 0.2) is 52.1 Å². The first-order chi connectivity index (χ1) is 14.5. The Morgan fingerprint density at radius 2 is 1.93 bits per heavy atom. The fourth-order valence-electron chi connectivity index (χ4n) is 3.01. The molecule has 0 unspecified atom stereocenters. The summed E-state index contributed by atoms with van der Waals surface area (Å²) in [7, 11) is 0. The molecule has 3 rings (SSSR count). The topological polar surface area (TPSA) is 68.5 Å². The second kappa shape index (κ2) is 10.6. The highest BCUT2D eigenvalue weighted by Crippen LogP contribution is 2.28. The number of aryl methyl sites for hydroxylation is 2. The predicted molar refractivity (Wildman–Crippen MR) is 120 cm³/mol. The SMILES string of the molecule is CCOCN(C(=O)CSc1nnc(-c2ccc(Cl)cc2)o1)c1c(C)cccc1CC. The maximum Gasteiger partial charge on any atom is 0.277 e. The number of anilines is 1. The summed E-state index contributed by atoms with van der Waals surface area (Å²) in [6.45, 7) is 6.72. The van der Waals surface area contributed by atoms with E-state index in [2.05, 4.69) is 17.1 Å². The molecule has 0 aliphatic carbocycles. The van der Waals surface area contributed by atoms with E-state index in [1.807, 2.05) is 44.2 Å². The van der Waals surface area contributed by atoms with Crippen molar-refractivity contribution in [2.75, 3.05) is 24.0 Å². The van der Waals surface area contributed by atoms with Gasteiger partial charge in [0.05, 0.1) is 11.4 Å². The van der Waals surface area contributed by atoms with Crippen LogP contribution in [0.25, 0.3) is 11.5 Å². The summed E-state index contributed by atoms with van der Waals surface area (Å²) in [5.41, 5.74) is 3.83. The molecule has 0 aliphatic rings. The number of carbonyl (C=O) groups is 1. The first-order valence-electron chi connectivity index (χ1n) is 9.72. The molecular weight excluding hydrogens is 422 g/mol. The third kappa shape index (κ3) is 5.41. The molecule has 0 N–H and O–H groups in total. The van der Waals surface area contributed by atoms with Crippen LogP contribution in [0.2, 0.25) is 5.02 Å². The smallest absolute Gasteiger partial charge is 0.277 e. The average Bonchev–Trinajstić information content (AvgIpc) is 3.22. The van der Waals surface area contributed by atoms with Gasteiger partial charge in [0.2, 0.25) is 11.8 Å². The summed E-state index contributed by atoms with van der Waals surface area (Å²) < 4.78 is 11.3. The lowest BCUT2D eigenvalue weighted by molar-refractivity contribution is -0.117. The Labute approximate surface area is 185 Å². The molecule has 158 valence electrons. The number of hydrogen-bond acceptors (Lipinski definition) is 6. The van der Waals surface area contributed by atoms with Crippen LogP contribution < -0.4 is 4.90 Å². The van der Waals surface area contributed by atoms with Crippen molar-refractivity contribution in [3.8, 4) is 11.5 Å². The second-order valence-corrected chi connectivity index (χ2v) is 7.91. The molecule has 0 saturated carbocycles. The van der Waals surface area contributed by atoms with Crippen molar-refractivity contribution >= 4 is 35.0 Å². The van der Waals surface area contributed by atoms with Crippen LogP contribution in [-0.4, -0.2) is 35.2 Å². The number of thioether (sulfide) groups is 1. The third-order valence-electron chi connectivity index (χ3n) is 4.51. The van der Waals surface area contributed by atoms with Crippen molar-refractivity contribution in [3.63, 3.8) is 0 Å². The molecule has 2 aromatic carbocycles. The highest BCUT2D eigenvalue weighted by Gasteiger charge is 2.21. The lowest BCUT2D eigenvalue weighted by Crippen LogP contribution is -2.36. The van der Waals surface area contributed by atoms with Gasteiger partial charge in [0.25, 0.3) is 5.22 Å². The molecule has 1 amide bonds. The Morgan fingerprint density at radius 1 is 1.17 bits per heavy atom. The highest BCUT2D eigenvalue weighted by atomic mass is 35.5. The number of hydrogen-bond donors (Lipinski definition) is 0. The van der Waals surface area contributed by atoms with Gasteiger partial charge in [-0.15, -0.1) is 10.2 Å². The molecule has 1 aromatic heterocycles. The molecule has 0 atom stereocenters. The van der Waals surface area contributed by atoms with E-state index >= 15 is 0 Å². The maximum absolute atomic E-state index is 13.1. The van der Waals surface area contributed by atoms with Gasteiger partial charge >= 0.3 is 0 Å². The van der Waals surface area contributed by atoms with Gasteiger partial charge in [-0.1, -0.05) is 48.5 Å². The van der Waals surface area contributed by atoms with Crippen LogP contribution in [0.3, 0.4) is 0 Å². The monoisotopic (exact) mass is 445 g/mol. The molecule has 0 aliphatic heterocycles. The Balaban J connectivity index is 1.73. The largest absolute Gasteiger partial charge is 0.411 e. The summed E-state index contributed by atoms with van der Waals surface area (Å²) in [5, 5.41) is 9.07. The minimum absolute atomic E-state index is 0.0799. The summed E-state index contributed by atoms with van der Waals surface area (Å²) in [6.07, 6.45) is 0.828. The predicted octanol–water partition coefficient (Wildman–Crippen LogP) is 5.38. The first kappa shape index (κ1) is 22.3. The van der Waals surface area contributed by atoms with Gasteiger partial charge in [-0.25, -0.2) is 0 Å². The second-order valence-electron chi connectivity index (χ2n) is 6.55. The highest BCUT2D eigenvalue weighted by molar-refractivity contribution is 7.99. The zero-order chi connectivity index (χ0) is 21.5. The van der Waals surface area contributed by atoms with Crippen LogP contribution in [-0.2, 0) is 16.0 Å². The number of benzene rings is 2. The van der Waals surface area contributed by atoms with Crippen LogP contribution in [0.5, 0.6) is 0 Å². The van der Waals surface area contributed by atoms with Gasteiger partial charge in [0.15, 0.2) is 0 Å². The van der Waals surface area contributed by atoms with E-state index in [4.69, 9.17) is 20.8 Å². The molecule has 6 nitrogen and oxygen atoms in total. The number of rotatable bonds is 9. The van der Waals surface area contributed by atoms with E-state index in [1.165, 1.54) is 11.8 Å². The molecule has 3 aromatic rings. The Bertz CT molecular complexity index is 992. The molecule has 0 radical (unpaired) electrons. The van der Waals surface area contributed by atoms with Crippen molar-refractivity contribution in [1.29, 1.82) is 0 Å². The molecule has 1 heterocycles. The molecule has 0 fully saturated rings. The zero-order valence-corrected chi connectivity index (χ0v) is 18.8. The van der Waals surface area contributed by atoms with Crippen molar-refractivity contribution < 1.29 is 13.9 Å². The third-order valence-corrected chi connectivity index (χ3v) is 5.57. The van der Waals surface area contributed by atoms with Crippen molar-refractivity contribution in [2.45, 2.75) is 32.4 Å². The Kier molecular flexibility index (Phi) is 7.90. The van der Waals surface area contributed by atoms with Crippen molar-refractivity contribution in [1.82, 2.24) is 10.2 Å². The van der Waals surface area contributed by atoms with E-state index in [-0.39, 0.29) is 18.4 Å². The molecule has 30 heavy (non-hydrogen) atoms. The van der Waals surface area contributed by atoms with Crippen LogP contribution in [0, 0.1) is 6.92 Å². The number of para-hydroxylation sites is 1. The average molecular weight is 446 g/mol. The lowest BCUT2D eigenvalue weighted by atomic mass is 10.0. The van der Waals surface area contributed by atoms with Crippen LogP contribution in [0.1, 0.15) is 25.0 Å². The number of aromatic nitrogens is 2. The molecule has 0 spiro atoms. The molecular formula is C22H24ClN3O3S. The standard InChI is InChI=1S/C22H24ClN3O3S/c1-4-16-8-6-7-15(3)20(16)26(14-28-5-2)19(27)13-30-22-25-24-21(29-22)17-9-11-18(23)12-10-17/h6-12H,4-5,13-14H2,1-3H3. The number of ether oxygens (including phenoxy) is 1. The van der Waals surface area contributed by atoms with Gasteiger partial charge in [0, 0.05) is 17.2 Å². The van der Waals surface area contributed by atoms with Gasteiger partial charge < -0.3 is 9.15 Å². The van der Waals surface area contributed by atoms with Crippen LogP contribution in [0.4, 0.5) is 5.69 Å². The van der Waals surface area contributed by atoms with Crippen LogP contribution >= 0.6 is 23.4 Å². The first-order valence-corrected chi connectivity index (χ1v) is 11.1. The van der Waals surface area contributed by atoms with Gasteiger partial charge in [0.1, 0.15) is 6.73 Å². The summed E-state index contributed by atoms with van der Waals surface area (Å²) in [4.78, 5) is 14.8. The number of halogens is 1. The quantitative estimate of drug-likeness (QED) is 0.325. The Morgan fingerprint density at radius 3 is 2.63 bits per heavy atom. The lowest BCUT2D eigenvalue weighted by Gasteiger charge is -2.26. The van der Waals surface area contributed by atoms with Gasteiger partial charge in [-0.3, -0.25) is 9.69 Å². The fourth-order valence-corrected chi connectivity index (χ4v) is 3.78. The molecule has 0 saturated heterocycles. The number of carbonyl (C=O) groups excluding carboxylic acids is 1. The molecule has 8 heteroatoms. The van der Waals surface area contributed by atoms with E-state index in [1.54, 1.807) is 17.0 Å². The van der Waals surface area contributed by atoms with Crippen molar-refractivity contribution in [2.24, 2.45) is 0 Å². The minimum atomic E-state index is -0.0799. The normalized spacial score (nSPS) is 10.9. The molecule has 0 bridgehead atoms. The van der Waals surface area contributed by atoms with E-state index in [0.29, 0.717) is 22.7 Å². The van der Waals surface area contributed by atoms with E-state index < -0.39 is 0 Å². The Hall–Kier alpha value is -2.35. The van der Waals surface area contributed by atoms with Gasteiger partial charge in [-0.2, -0.15) is 0 Å². The zero-order valence-electron chi connectivity index (χ0n) is 17.2. The minimum Gasteiger partial charge on any atom is -0.411 e. The summed E-state index contributed by atoms with van der Waals surface area (Å²) >= 11 is 7.12.